The number of fused-ring (bicyclic) bond motifs is 1. The van der Waals surface area contributed by atoms with Crippen molar-refractivity contribution in [3.63, 3.8) is 0 Å². The van der Waals surface area contributed by atoms with Crippen LogP contribution in [-0.4, -0.2) is 11.3 Å². The summed E-state index contributed by atoms with van der Waals surface area (Å²) in [6, 6.07) is 28.1. The molecule has 3 heteroatoms. The molecule has 0 radical (unpaired) electrons. The summed E-state index contributed by atoms with van der Waals surface area (Å²) in [5, 5.41) is 1.21. The van der Waals surface area contributed by atoms with Gasteiger partial charge in [0.2, 0.25) is 0 Å². The quantitative estimate of drug-likeness (QED) is 0.227. The highest BCUT2D eigenvalue weighted by Gasteiger charge is 2.15. The van der Waals surface area contributed by atoms with Gasteiger partial charge in [0.15, 0.2) is 0 Å². The fraction of sp³-hybridized carbons (Fsp3) is 0.250. The van der Waals surface area contributed by atoms with E-state index in [2.05, 4.69) is 92.7 Å². The zero-order valence-electron chi connectivity index (χ0n) is 21.8. The van der Waals surface area contributed by atoms with Crippen LogP contribution in [0.1, 0.15) is 68.1 Å². The van der Waals surface area contributed by atoms with Gasteiger partial charge in [-0.2, -0.15) is 0 Å². The van der Waals surface area contributed by atoms with Crippen LogP contribution < -0.4 is 0 Å². The molecule has 0 saturated heterocycles. The van der Waals surface area contributed by atoms with Crippen molar-refractivity contribution in [3.05, 3.63) is 117 Å². The first kappa shape index (κ1) is 28.1. The Labute approximate surface area is 216 Å². The van der Waals surface area contributed by atoms with Gasteiger partial charge in [-0.05, 0) is 78.5 Å². The zero-order chi connectivity index (χ0) is 25.8. The lowest BCUT2D eigenvalue weighted by molar-refractivity contribution is -0.106. The molecule has 1 aromatic heterocycles. The highest BCUT2D eigenvalue weighted by Crippen LogP contribution is 2.32. The lowest BCUT2D eigenvalue weighted by Gasteiger charge is -2.16. The number of thiol groups is 1. The molecule has 0 amide bonds. The first-order chi connectivity index (χ1) is 17.0. The van der Waals surface area contributed by atoms with E-state index in [4.69, 9.17) is 22.4 Å². The minimum atomic E-state index is 0.750. The van der Waals surface area contributed by atoms with Gasteiger partial charge in [0, 0.05) is 11.0 Å². The summed E-state index contributed by atoms with van der Waals surface area (Å²) in [4.78, 5) is 14.8. The molecule has 182 valence electrons. The summed E-state index contributed by atoms with van der Waals surface area (Å²) in [6.45, 7) is 11.8. The van der Waals surface area contributed by atoms with Crippen molar-refractivity contribution in [2.75, 3.05) is 0 Å². The second kappa shape index (κ2) is 14.3. The van der Waals surface area contributed by atoms with Gasteiger partial charge < -0.3 is 4.79 Å². The summed E-state index contributed by atoms with van der Waals surface area (Å²) in [5.41, 5.74) is 9.50. The number of rotatable bonds is 5. The first-order valence-corrected chi connectivity index (χ1v) is 12.8. The van der Waals surface area contributed by atoms with Crippen molar-refractivity contribution in [3.8, 4) is 0 Å². The fourth-order valence-electron chi connectivity index (χ4n) is 4.01. The van der Waals surface area contributed by atoms with Crippen LogP contribution in [0.4, 0.5) is 0 Å². The van der Waals surface area contributed by atoms with Crippen molar-refractivity contribution in [2.24, 2.45) is 0 Å². The van der Waals surface area contributed by atoms with Crippen LogP contribution in [0, 0.1) is 6.92 Å². The van der Waals surface area contributed by atoms with Crippen LogP contribution in [-0.2, 0) is 17.6 Å². The average molecular weight is 484 g/mol. The van der Waals surface area contributed by atoms with E-state index in [0.29, 0.717) is 0 Å². The third kappa shape index (κ3) is 7.40. The topological polar surface area (TPSA) is 30.0 Å². The molecule has 35 heavy (non-hydrogen) atoms. The molecule has 4 aromatic rings. The Morgan fingerprint density at radius 1 is 0.914 bits per heavy atom. The molecule has 0 bridgehead atoms. The molecule has 2 nitrogen and oxygen atoms in total. The smallest absolute Gasteiger partial charge is 0.116 e. The maximum absolute atomic E-state index is 8.81. The minimum Gasteiger partial charge on any atom is -0.304 e. The summed E-state index contributed by atoms with van der Waals surface area (Å²) < 4.78 is 0. The Kier molecular flexibility index (Phi) is 11.5. The maximum Gasteiger partial charge on any atom is 0.116 e. The lowest BCUT2D eigenvalue weighted by Crippen LogP contribution is -2.00. The average Bonchev–Trinajstić information content (AvgIpc) is 2.87. The second-order valence-electron chi connectivity index (χ2n) is 8.04. The molecule has 0 aliphatic rings. The molecule has 0 atom stereocenters. The van der Waals surface area contributed by atoms with E-state index < -0.39 is 0 Å². The number of aryl methyl sites for hydroxylation is 2. The molecule has 0 unspecified atom stereocenters. The van der Waals surface area contributed by atoms with E-state index in [1.165, 1.54) is 40.1 Å². The first-order valence-electron chi connectivity index (χ1n) is 12.3. The maximum atomic E-state index is 8.81. The highest BCUT2D eigenvalue weighted by molar-refractivity contribution is 7.84. The minimum absolute atomic E-state index is 0.750. The number of carbonyl (C=O) groups excluding carboxylic acids is 1. The Bertz CT molecular complexity index is 1270. The van der Waals surface area contributed by atoms with Crippen molar-refractivity contribution >= 4 is 35.4 Å². The zero-order valence-corrected chi connectivity index (χ0v) is 22.7. The molecule has 0 spiro atoms. The second-order valence-corrected chi connectivity index (χ2v) is 8.71. The number of carbonyl (C=O) groups is 1. The van der Waals surface area contributed by atoms with Crippen LogP contribution in [0.25, 0.3) is 16.5 Å². The number of para-hydroxylation sites is 1. The summed E-state index contributed by atoms with van der Waals surface area (Å²) in [6.07, 6.45) is 2.70. The van der Waals surface area contributed by atoms with Gasteiger partial charge in [0.1, 0.15) is 6.29 Å². The van der Waals surface area contributed by atoms with Crippen LogP contribution in [0.3, 0.4) is 0 Å². The lowest BCUT2D eigenvalue weighted by atomic mass is 9.93. The van der Waals surface area contributed by atoms with Crippen molar-refractivity contribution < 1.29 is 4.79 Å². The number of hydrogen-bond donors (Lipinski definition) is 1. The van der Waals surface area contributed by atoms with E-state index in [1.54, 1.807) is 0 Å². The van der Waals surface area contributed by atoms with Crippen molar-refractivity contribution in [1.82, 2.24) is 4.98 Å². The molecule has 3 aromatic carbocycles. The van der Waals surface area contributed by atoms with Crippen LogP contribution in [0.2, 0.25) is 0 Å². The molecule has 0 fully saturated rings. The standard InChI is InChI=1S/C28H27NS.C2H4O.C2H6/c1-4-21-13-15-22(16-14-21)17-23-18-27(29-26-12-8-7-11-25(23)26)28(20(3)30)24-10-6-5-9-19(24)2;1-2-3;1-2/h5-16,18,30H,4,17H2,1-3H3;2H,1H3;1-2H3/b28-20-;;. The number of aldehydes is 1. The van der Waals surface area contributed by atoms with Gasteiger partial charge >= 0.3 is 0 Å². The number of pyridine rings is 1. The van der Waals surface area contributed by atoms with E-state index in [1.807, 2.05) is 20.8 Å². The van der Waals surface area contributed by atoms with E-state index in [-0.39, 0.29) is 0 Å². The largest absolute Gasteiger partial charge is 0.304 e. The van der Waals surface area contributed by atoms with E-state index in [0.717, 1.165) is 40.8 Å². The fourth-order valence-corrected chi connectivity index (χ4v) is 4.24. The normalized spacial score (nSPS) is 10.9. The summed E-state index contributed by atoms with van der Waals surface area (Å²) in [5.74, 6) is 0. The van der Waals surface area contributed by atoms with Gasteiger partial charge in [-0.3, -0.25) is 0 Å². The molecule has 1 heterocycles. The SMILES string of the molecule is CC.CC=O.CCc1ccc(Cc2cc(/C(=C(/C)S)c3ccccc3C)nc3ccccc23)cc1. The molecular formula is C32H37NOS. The molecule has 0 saturated carbocycles. The molecule has 0 aliphatic carbocycles. The van der Waals surface area contributed by atoms with Crippen LogP contribution in [0.15, 0.2) is 83.8 Å². The third-order valence-electron chi connectivity index (χ3n) is 5.66. The Balaban J connectivity index is 0.000000803. The van der Waals surface area contributed by atoms with E-state index >= 15 is 0 Å². The highest BCUT2D eigenvalue weighted by atomic mass is 32.1. The molecule has 0 aliphatic heterocycles. The Morgan fingerprint density at radius 3 is 2.09 bits per heavy atom. The summed E-state index contributed by atoms with van der Waals surface area (Å²) >= 11 is 4.75. The molecule has 0 N–H and O–H groups in total. The number of allylic oxidation sites excluding steroid dienone is 1. The predicted molar refractivity (Wildman–Crippen MR) is 155 cm³/mol. The number of hydrogen-bond acceptors (Lipinski definition) is 3. The predicted octanol–water partition coefficient (Wildman–Crippen LogP) is 8.64. The number of benzene rings is 3. The van der Waals surface area contributed by atoms with Crippen LogP contribution in [0.5, 0.6) is 0 Å². The van der Waals surface area contributed by atoms with Gasteiger partial charge in [-0.25, -0.2) is 4.98 Å². The Hall–Kier alpha value is -3.17. The molecular weight excluding hydrogens is 446 g/mol. The van der Waals surface area contributed by atoms with Gasteiger partial charge in [-0.15, -0.1) is 12.6 Å². The summed E-state index contributed by atoms with van der Waals surface area (Å²) in [7, 11) is 0. The van der Waals surface area contributed by atoms with Crippen LogP contribution >= 0.6 is 12.6 Å². The van der Waals surface area contributed by atoms with Gasteiger partial charge in [0.05, 0.1) is 11.2 Å². The van der Waals surface area contributed by atoms with Gasteiger partial charge in [-0.1, -0.05) is 87.5 Å². The van der Waals surface area contributed by atoms with E-state index in [9.17, 15) is 0 Å². The molecule has 4 rings (SSSR count). The Morgan fingerprint density at radius 2 is 1.49 bits per heavy atom. The van der Waals surface area contributed by atoms with Crippen molar-refractivity contribution in [2.45, 2.75) is 54.4 Å². The third-order valence-corrected chi connectivity index (χ3v) is 5.88. The van der Waals surface area contributed by atoms with Gasteiger partial charge in [0.25, 0.3) is 0 Å². The number of aromatic nitrogens is 1. The monoisotopic (exact) mass is 483 g/mol. The van der Waals surface area contributed by atoms with Crippen molar-refractivity contribution in [1.29, 1.82) is 0 Å². The number of nitrogens with zero attached hydrogens (tertiary/aromatic N) is 1.